The predicted molar refractivity (Wildman–Crippen MR) is 74.4 cm³/mol. The second-order valence-corrected chi connectivity index (χ2v) is 3.78. The Balaban J connectivity index is 0.000000386. The fraction of sp³-hybridized carbons (Fsp3) is 0.200. The number of hydrogen-bond donors (Lipinski definition) is 1. The van der Waals surface area contributed by atoms with E-state index in [1.165, 1.54) is 17.2 Å². The molecule has 0 aliphatic rings. The molecule has 0 heterocycles. The zero-order chi connectivity index (χ0) is 12.0. The predicted octanol–water partition coefficient (Wildman–Crippen LogP) is 4.48. The average Bonchev–Trinajstić information content (AvgIpc) is 2.29. The van der Waals surface area contributed by atoms with Gasteiger partial charge in [-0.25, -0.2) is 0 Å². The van der Waals surface area contributed by atoms with E-state index < -0.39 is 0 Å². The van der Waals surface area contributed by atoms with Crippen molar-refractivity contribution in [2.75, 3.05) is 5.73 Å². The molecular weight excluding hydrogens is 194 g/mol. The van der Waals surface area contributed by atoms with Crippen LogP contribution in [-0.4, -0.2) is 0 Å². The smallest absolute Gasteiger partial charge is 0.0320 e. The molecular formula is C15H19N. The van der Waals surface area contributed by atoms with Crippen molar-refractivity contribution in [2.45, 2.75) is 20.3 Å². The largest absolute Gasteiger partial charge is 0.399 e. The molecule has 0 spiro atoms. The number of rotatable bonds is 1. The first-order valence-electron chi connectivity index (χ1n) is 5.63. The third-order valence-corrected chi connectivity index (χ3v) is 2.12. The van der Waals surface area contributed by atoms with Gasteiger partial charge in [0, 0.05) is 5.69 Å². The summed E-state index contributed by atoms with van der Waals surface area (Å²) in [7, 11) is 0. The van der Waals surface area contributed by atoms with Crippen LogP contribution in [0.2, 0.25) is 0 Å². The quantitative estimate of drug-likeness (QED) is 0.694. The molecule has 0 radical (unpaired) electrons. The van der Waals surface area contributed by atoms with E-state index in [1.807, 2.05) is 30.3 Å². The van der Waals surface area contributed by atoms with E-state index in [1.54, 1.807) is 0 Å². The Labute approximate surface area is 97.6 Å². The van der Waals surface area contributed by atoms with E-state index in [-0.39, 0.29) is 0 Å². The lowest BCUT2D eigenvalue weighted by Crippen LogP contribution is -1.83. The van der Waals surface area contributed by atoms with Crippen molar-refractivity contribution in [3.63, 3.8) is 0 Å². The number of hydrogen-bond acceptors (Lipinski definition) is 1. The number of nitrogens with two attached hydrogens (primary N) is 1. The summed E-state index contributed by atoms with van der Waals surface area (Å²) in [6, 6.07) is 12.1. The molecule has 0 aromatic heterocycles. The molecule has 0 amide bonds. The van der Waals surface area contributed by atoms with Gasteiger partial charge in [-0.1, -0.05) is 51.1 Å². The average molecular weight is 213 g/mol. The highest BCUT2D eigenvalue weighted by Crippen LogP contribution is 2.19. The van der Waals surface area contributed by atoms with Crippen LogP contribution in [0.25, 0.3) is 16.8 Å². The van der Waals surface area contributed by atoms with Crippen molar-refractivity contribution >= 4 is 22.5 Å². The van der Waals surface area contributed by atoms with Crippen molar-refractivity contribution in [3.8, 4) is 0 Å². The molecule has 0 bridgehead atoms. The van der Waals surface area contributed by atoms with E-state index in [0.717, 1.165) is 11.3 Å². The van der Waals surface area contributed by atoms with Gasteiger partial charge in [-0.3, -0.25) is 0 Å². The third-order valence-electron chi connectivity index (χ3n) is 2.12. The zero-order valence-electron chi connectivity index (χ0n) is 10.0. The lowest BCUT2D eigenvalue weighted by atomic mass is 10.1. The molecule has 0 saturated carbocycles. The van der Waals surface area contributed by atoms with Crippen LogP contribution in [0.4, 0.5) is 5.69 Å². The van der Waals surface area contributed by atoms with Gasteiger partial charge >= 0.3 is 0 Å². The molecule has 1 nitrogen and oxygen atoms in total. The summed E-state index contributed by atoms with van der Waals surface area (Å²) in [4.78, 5) is 0. The van der Waals surface area contributed by atoms with Gasteiger partial charge in [-0.15, -0.1) is 0 Å². The lowest BCUT2D eigenvalue weighted by molar-refractivity contribution is 1.09. The van der Waals surface area contributed by atoms with E-state index in [2.05, 4.69) is 32.6 Å². The maximum absolute atomic E-state index is 5.67. The van der Waals surface area contributed by atoms with Gasteiger partial charge in [0.15, 0.2) is 0 Å². The molecule has 84 valence electrons. The minimum Gasteiger partial charge on any atom is -0.399 e. The second kappa shape index (κ2) is 5.96. The molecule has 2 rings (SSSR count). The monoisotopic (exact) mass is 213 g/mol. The summed E-state index contributed by atoms with van der Waals surface area (Å²) in [6.45, 7) is 7.98. The van der Waals surface area contributed by atoms with Crippen molar-refractivity contribution in [3.05, 3.63) is 48.5 Å². The van der Waals surface area contributed by atoms with Gasteiger partial charge in [0.25, 0.3) is 0 Å². The van der Waals surface area contributed by atoms with Crippen molar-refractivity contribution in [2.24, 2.45) is 0 Å². The first-order valence-corrected chi connectivity index (χ1v) is 5.63. The normalized spacial score (nSPS) is 9.38. The molecule has 2 aromatic rings. The molecule has 16 heavy (non-hydrogen) atoms. The van der Waals surface area contributed by atoms with Crippen LogP contribution in [-0.2, 0) is 0 Å². The summed E-state index contributed by atoms with van der Waals surface area (Å²) in [6.07, 6.45) is 3.09. The Kier molecular flexibility index (Phi) is 4.59. The van der Waals surface area contributed by atoms with Gasteiger partial charge in [0.2, 0.25) is 0 Å². The maximum atomic E-state index is 5.67. The Morgan fingerprint density at radius 3 is 2.25 bits per heavy atom. The SMILES string of the molecule is C=Cc1ccc2cc(N)ccc2c1.CCC. The third kappa shape index (κ3) is 3.13. The maximum Gasteiger partial charge on any atom is 0.0320 e. The molecule has 0 atom stereocenters. The fourth-order valence-corrected chi connectivity index (χ4v) is 1.41. The lowest BCUT2D eigenvalue weighted by Gasteiger charge is -2.00. The summed E-state index contributed by atoms with van der Waals surface area (Å²) in [5.41, 5.74) is 7.62. The molecule has 1 heteroatoms. The zero-order valence-corrected chi connectivity index (χ0v) is 10.0. The number of nitrogen functional groups attached to an aromatic ring is 1. The first kappa shape index (κ1) is 12.3. The van der Waals surface area contributed by atoms with Crippen LogP contribution in [0.15, 0.2) is 43.0 Å². The van der Waals surface area contributed by atoms with Gasteiger partial charge in [-0.05, 0) is 34.5 Å². The van der Waals surface area contributed by atoms with E-state index in [0.29, 0.717) is 0 Å². The Bertz CT molecular complexity index is 472. The van der Waals surface area contributed by atoms with Crippen LogP contribution in [0, 0.1) is 0 Å². The van der Waals surface area contributed by atoms with E-state index >= 15 is 0 Å². The molecule has 2 N–H and O–H groups in total. The topological polar surface area (TPSA) is 26.0 Å². The summed E-state index contributed by atoms with van der Waals surface area (Å²) in [5, 5.41) is 2.37. The van der Waals surface area contributed by atoms with Gasteiger partial charge in [0.1, 0.15) is 0 Å². The minimum absolute atomic E-state index is 0.804. The van der Waals surface area contributed by atoms with E-state index in [9.17, 15) is 0 Å². The number of benzene rings is 2. The van der Waals surface area contributed by atoms with Crippen LogP contribution in [0.5, 0.6) is 0 Å². The van der Waals surface area contributed by atoms with Crippen LogP contribution < -0.4 is 5.73 Å². The first-order chi connectivity index (χ1) is 7.71. The number of fused-ring (bicyclic) bond motifs is 1. The second-order valence-electron chi connectivity index (χ2n) is 3.78. The fourth-order valence-electron chi connectivity index (χ4n) is 1.41. The highest BCUT2D eigenvalue weighted by atomic mass is 14.5. The minimum atomic E-state index is 0.804. The van der Waals surface area contributed by atoms with Gasteiger partial charge < -0.3 is 5.73 Å². The molecule has 2 aromatic carbocycles. The summed E-state index contributed by atoms with van der Waals surface area (Å²) < 4.78 is 0. The Hall–Kier alpha value is -1.76. The Morgan fingerprint density at radius 1 is 1.06 bits per heavy atom. The molecule has 0 aliphatic carbocycles. The molecule has 0 unspecified atom stereocenters. The van der Waals surface area contributed by atoms with Crippen molar-refractivity contribution in [1.82, 2.24) is 0 Å². The van der Waals surface area contributed by atoms with E-state index in [4.69, 9.17) is 5.73 Å². The molecule has 0 fully saturated rings. The standard InChI is InChI=1S/C12H11N.C3H8/c1-2-9-3-4-11-8-12(13)6-5-10(11)7-9;1-3-2/h2-8H,1,13H2;3H2,1-2H3. The molecule has 0 saturated heterocycles. The Morgan fingerprint density at radius 2 is 1.62 bits per heavy atom. The highest BCUT2D eigenvalue weighted by Gasteiger charge is 1.93. The molecule has 0 aliphatic heterocycles. The van der Waals surface area contributed by atoms with Gasteiger partial charge in [0.05, 0.1) is 0 Å². The van der Waals surface area contributed by atoms with Gasteiger partial charge in [-0.2, -0.15) is 0 Å². The summed E-state index contributed by atoms with van der Waals surface area (Å²) >= 11 is 0. The van der Waals surface area contributed by atoms with Crippen LogP contribution in [0.3, 0.4) is 0 Å². The van der Waals surface area contributed by atoms with Crippen molar-refractivity contribution in [1.29, 1.82) is 0 Å². The highest BCUT2D eigenvalue weighted by molar-refractivity contribution is 5.87. The summed E-state index contributed by atoms with van der Waals surface area (Å²) in [5.74, 6) is 0. The van der Waals surface area contributed by atoms with Crippen molar-refractivity contribution < 1.29 is 0 Å². The number of anilines is 1. The van der Waals surface area contributed by atoms with Crippen LogP contribution >= 0.6 is 0 Å². The van der Waals surface area contributed by atoms with Crippen LogP contribution in [0.1, 0.15) is 25.8 Å².